The van der Waals surface area contributed by atoms with Crippen LogP contribution in [0.25, 0.3) is 66.4 Å². The van der Waals surface area contributed by atoms with Gasteiger partial charge in [0.05, 0.1) is 17.1 Å². The van der Waals surface area contributed by atoms with E-state index in [2.05, 4.69) is 249 Å². The fraction of sp³-hybridized carbons (Fsp3) is 0.0645. The molecule has 63 heavy (non-hydrogen) atoms. The summed E-state index contributed by atoms with van der Waals surface area (Å²) in [6.45, 7) is 4.79. The SMILES string of the molecule is CC1(C)c2cc(-c3ccccc3)ccc2N(c2ccc(-c3ccc4c(c3)C(c3ccccc3-c3ccccc3)c3ccccc3-4)c3ccccc23)c2ccc(-c3ccccc3)cc21. The molecule has 0 N–H and O–H groups in total. The van der Waals surface area contributed by atoms with E-state index in [-0.39, 0.29) is 11.3 Å². The van der Waals surface area contributed by atoms with E-state index >= 15 is 0 Å². The van der Waals surface area contributed by atoms with Crippen LogP contribution in [0.15, 0.2) is 231 Å². The Labute approximate surface area is 370 Å². The van der Waals surface area contributed by atoms with E-state index in [1.165, 1.54) is 111 Å². The average Bonchev–Trinajstić information content (AvgIpc) is 3.68. The Morgan fingerprint density at radius 2 is 0.746 bits per heavy atom. The molecule has 1 heteroatoms. The molecule has 0 saturated heterocycles. The fourth-order valence-corrected chi connectivity index (χ4v) is 10.7. The number of hydrogen-bond donors (Lipinski definition) is 0. The topological polar surface area (TPSA) is 3.24 Å². The van der Waals surface area contributed by atoms with Crippen molar-refractivity contribution in [3.05, 3.63) is 258 Å². The number of rotatable bonds is 6. The summed E-state index contributed by atoms with van der Waals surface area (Å²) in [5.41, 5.74) is 22.6. The van der Waals surface area contributed by atoms with Crippen LogP contribution < -0.4 is 4.90 Å². The first-order valence-corrected chi connectivity index (χ1v) is 22.1. The molecule has 1 atom stereocenters. The normalized spacial score (nSPS) is 14.4. The van der Waals surface area contributed by atoms with Crippen molar-refractivity contribution in [3.63, 3.8) is 0 Å². The van der Waals surface area contributed by atoms with Gasteiger partial charge in [-0.05, 0) is 125 Å². The third-order valence-electron chi connectivity index (χ3n) is 13.8. The second kappa shape index (κ2) is 14.7. The Balaban J connectivity index is 1.04. The van der Waals surface area contributed by atoms with Crippen molar-refractivity contribution in [1.29, 1.82) is 0 Å². The Bertz CT molecular complexity index is 3270. The summed E-state index contributed by atoms with van der Waals surface area (Å²) in [5, 5.41) is 2.46. The third kappa shape index (κ3) is 5.99. The summed E-state index contributed by atoms with van der Waals surface area (Å²) in [4.78, 5) is 2.53. The third-order valence-corrected chi connectivity index (χ3v) is 13.8. The quantitative estimate of drug-likeness (QED) is 0.162. The van der Waals surface area contributed by atoms with Crippen LogP contribution in [-0.4, -0.2) is 0 Å². The van der Waals surface area contributed by atoms with Gasteiger partial charge >= 0.3 is 0 Å². The second-order valence-electron chi connectivity index (χ2n) is 17.6. The maximum absolute atomic E-state index is 2.53. The van der Waals surface area contributed by atoms with Gasteiger partial charge in [-0.15, -0.1) is 0 Å². The first-order valence-electron chi connectivity index (χ1n) is 22.1. The number of hydrogen-bond acceptors (Lipinski definition) is 1. The lowest BCUT2D eigenvalue weighted by Gasteiger charge is -2.43. The number of nitrogens with zero attached hydrogens (tertiary/aromatic N) is 1. The number of anilines is 3. The Hall–Kier alpha value is -7.74. The highest BCUT2D eigenvalue weighted by Gasteiger charge is 2.38. The molecular formula is C62H45N. The van der Waals surface area contributed by atoms with Crippen molar-refractivity contribution in [1.82, 2.24) is 0 Å². The maximum Gasteiger partial charge on any atom is 0.0540 e. The van der Waals surface area contributed by atoms with Crippen molar-refractivity contribution in [2.45, 2.75) is 25.2 Å². The highest BCUT2D eigenvalue weighted by atomic mass is 15.2. The van der Waals surface area contributed by atoms with Gasteiger partial charge in [-0.2, -0.15) is 0 Å². The van der Waals surface area contributed by atoms with Crippen molar-refractivity contribution in [3.8, 4) is 55.6 Å². The maximum atomic E-state index is 2.53. The van der Waals surface area contributed by atoms with Crippen molar-refractivity contribution in [2.24, 2.45) is 0 Å². The first-order chi connectivity index (χ1) is 31.0. The number of benzene rings is 10. The zero-order chi connectivity index (χ0) is 42.1. The van der Waals surface area contributed by atoms with Gasteiger partial charge in [0.1, 0.15) is 0 Å². The molecule has 1 unspecified atom stereocenters. The Kier molecular flexibility index (Phi) is 8.66. The molecule has 10 aromatic carbocycles. The van der Waals surface area contributed by atoms with E-state index in [0.717, 1.165) is 0 Å². The van der Waals surface area contributed by atoms with Crippen LogP contribution in [0, 0.1) is 0 Å². The van der Waals surface area contributed by atoms with Gasteiger partial charge in [0.15, 0.2) is 0 Å². The summed E-state index contributed by atoms with van der Waals surface area (Å²) in [6.07, 6.45) is 0. The van der Waals surface area contributed by atoms with Crippen molar-refractivity contribution in [2.75, 3.05) is 4.90 Å². The molecule has 0 spiro atoms. The predicted octanol–water partition coefficient (Wildman–Crippen LogP) is 16.8. The lowest BCUT2D eigenvalue weighted by Crippen LogP contribution is -2.31. The first kappa shape index (κ1) is 37.1. The van der Waals surface area contributed by atoms with Crippen LogP contribution in [-0.2, 0) is 5.41 Å². The molecule has 1 aliphatic carbocycles. The predicted molar refractivity (Wildman–Crippen MR) is 265 cm³/mol. The van der Waals surface area contributed by atoms with Gasteiger partial charge in [-0.25, -0.2) is 0 Å². The Morgan fingerprint density at radius 3 is 1.37 bits per heavy atom. The minimum absolute atomic E-state index is 0.115. The van der Waals surface area contributed by atoms with Gasteiger partial charge in [0.25, 0.3) is 0 Å². The monoisotopic (exact) mass is 803 g/mol. The van der Waals surface area contributed by atoms with Crippen LogP contribution in [0.4, 0.5) is 17.1 Å². The molecule has 1 aliphatic heterocycles. The number of fused-ring (bicyclic) bond motifs is 6. The Morgan fingerprint density at radius 1 is 0.302 bits per heavy atom. The molecule has 10 aromatic rings. The molecule has 0 saturated carbocycles. The molecule has 298 valence electrons. The molecule has 0 amide bonds. The van der Waals surface area contributed by atoms with Gasteiger partial charge in [-0.1, -0.05) is 208 Å². The zero-order valence-electron chi connectivity index (χ0n) is 35.5. The highest BCUT2D eigenvalue weighted by molar-refractivity contribution is 6.07. The minimum Gasteiger partial charge on any atom is -0.309 e. The van der Waals surface area contributed by atoms with Crippen LogP contribution >= 0.6 is 0 Å². The van der Waals surface area contributed by atoms with E-state index in [0.29, 0.717) is 0 Å². The smallest absolute Gasteiger partial charge is 0.0540 e. The second-order valence-corrected chi connectivity index (χ2v) is 17.6. The van der Waals surface area contributed by atoms with Crippen molar-refractivity contribution >= 4 is 27.8 Å². The molecule has 1 nitrogen and oxygen atoms in total. The van der Waals surface area contributed by atoms with E-state index in [1.54, 1.807) is 0 Å². The lowest BCUT2D eigenvalue weighted by atomic mass is 9.72. The molecule has 0 fully saturated rings. The fourth-order valence-electron chi connectivity index (χ4n) is 10.7. The molecule has 0 aromatic heterocycles. The lowest BCUT2D eigenvalue weighted by molar-refractivity contribution is 0.632. The minimum atomic E-state index is -0.260. The zero-order valence-corrected chi connectivity index (χ0v) is 35.5. The highest BCUT2D eigenvalue weighted by Crippen LogP contribution is 2.56. The van der Waals surface area contributed by atoms with Gasteiger partial charge in [0, 0.05) is 16.7 Å². The summed E-state index contributed by atoms with van der Waals surface area (Å²) in [7, 11) is 0. The molecule has 2 aliphatic rings. The largest absolute Gasteiger partial charge is 0.309 e. The van der Waals surface area contributed by atoms with E-state index in [4.69, 9.17) is 0 Å². The molecule has 12 rings (SSSR count). The molecule has 0 radical (unpaired) electrons. The summed E-state index contributed by atoms with van der Waals surface area (Å²) >= 11 is 0. The standard InChI is InChI=1S/C62H45N/c1-62(2)56-39-44(41-18-6-3-7-19-41)31-35-59(56)63(60-36-32-45(40-57(60)62)42-20-8-4-9-21-42)58-37-34-48(49-25-13-15-27-52(49)58)46-30-33-51-50-26-14-17-29-54(50)61(55(51)38-46)53-28-16-12-24-47(53)43-22-10-5-11-23-43/h3-40,61H,1-2H3. The van der Waals surface area contributed by atoms with E-state index < -0.39 is 0 Å². The van der Waals surface area contributed by atoms with Gasteiger partial charge in [0.2, 0.25) is 0 Å². The summed E-state index contributed by atoms with van der Waals surface area (Å²) in [6, 6.07) is 85.4. The summed E-state index contributed by atoms with van der Waals surface area (Å²) < 4.78 is 0. The van der Waals surface area contributed by atoms with E-state index in [1.807, 2.05) is 0 Å². The van der Waals surface area contributed by atoms with Crippen LogP contribution in [0.1, 0.15) is 47.6 Å². The summed E-state index contributed by atoms with van der Waals surface area (Å²) in [5.74, 6) is 0.115. The average molecular weight is 804 g/mol. The molecule has 1 heterocycles. The van der Waals surface area contributed by atoms with Crippen molar-refractivity contribution < 1.29 is 0 Å². The van der Waals surface area contributed by atoms with Crippen LogP contribution in [0.2, 0.25) is 0 Å². The van der Waals surface area contributed by atoms with Crippen LogP contribution in [0.5, 0.6) is 0 Å². The van der Waals surface area contributed by atoms with E-state index in [9.17, 15) is 0 Å². The van der Waals surface area contributed by atoms with Gasteiger partial charge in [-0.3, -0.25) is 0 Å². The molecule has 0 bridgehead atoms. The van der Waals surface area contributed by atoms with Crippen LogP contribution in [0.3, 0.4) is 0 Å². The van der Waals surface area contributed by atoms with Gasteiger partial charge < -0.3 is 4.90 Å². The molecular weight excluding hydrogens is 759 g/mol.